The Bertz CT molecular complexity index is 405. The first-order chi connectivity index (χ1) is 8.19. The second-order valence-electron chi connectivity index (χ2n) is 3.95. The number of halogens is 1. The van der Waals surface area contributed by atoms with E-state index in [0.29, 0.717) is 12.6 Å². The summed E-state index contributed by atoms with van der Waals surface area (Å²) in [5.41, 5.74) is 6.69. The first-order valence-corrected chi connectivity index (χ1v) is 6.45. The Labute approximate surface area is 110 Å². The molecular weight excluding hydrogens is 282 g/mol. The number of nitrogens with zero attached hydrogens (tertiary/aromatic N) is 2. The van der Waals surface area contributed by atoms with Gasteiger partial charge in [-0.25, -0.2) is 4.99 Å². The molecule has 0 fully saturated rings. The first kappa shape index (κ1) is 12.2. The highest BCUT2D eigenvalue weighted by Gasteiger charge is 2.19. The van der Waals surface area contributed by atoms with E-state index in [1.165, 1.54) is 5.69 Å². The van der Waals surface area contributed by atoms with Crippen LogP contribution in [0.3, 0.4) is 0 Å². The minimum absolute atomic E-state index is 0.138. The van der Waals surface area contributed by atoms with Gasteiger partial charge in [-0.2, -0.15) is 0 Å². The third kappa shape index (κ3) is 3.12. The van der Waals surface area contributed by atoms with E-state index in [1.54, 1.807) is 0 Å². The Morgan fingerprint density at radius 2 is 2.18 bits per heavy atom. The second-order valence-corrected chi connectivity index (χ2v) is 4.86. The molecule has 5 heteroatoms. The van der Waals surface area contributed by atoms with Gasteiger partial charge in [-0.05, 0) is 31.2 Å². The molecule has 0 radical (unpaired) electrons. The van der Waals surface area contributed by atoms with E-state index in [0.717, 1.165) is 17.6 Å². The zero-order valence-electron chi connectivity index (χ0n) is 9.77. The Morgan fingerprint density at radius 1 is 1.47 bits per heavy atom. The average Bonchev–Trinajstić information content (AvgIpc) is 2.73. The van der Waals surface area contributed by atoms with Crippen molar-refractivity contribution >= 4 is 27.6 Å². The van der Waals surface area contributed by atoms with Crippen LogP contribution in [0.4, 0.5) is 5.69 Å². The van der Waals surface area contributed by atoms with E-state index >= 15 is 0 Å². The monoisotopic (exact) mass is 297 g/mol. The Balaban J connectivity index is 2.04. The molecule has 0 bridgehead atoms. The lowest BCUT2D eigenvalue weighted by Gasteiger charge is -2.24. The van der Waals surface area contributed by atoms with Crippen molar-refractivity contribution in [2.24, 2.45) is 10.7 Å². The molecule has 1 aromatic rings. The lowest BCUT2D eigenvalue weighted by Crippen LogP contribution is -2.32. The van der Waals surface area contributed by atoms with E-state index in [1.807, 2.05) is 12.1 Å². The van der Waals surface area contributed by atoms with Crippen molar-refractivity contribution in [3.8, 4) is 0 Å². The summed E-state index contributed by atoms with van der Waals surface area (Å²) in [6, 6.07) is 8.72. The van der Waals surface area contributed by atoms with Crippen LogP contribution in [0.5, 0.6) is 0 Å². The van der Waals surface area contributed by atoms with Crippen molar-refractivity contribution in [1.29, 1.82) is 0 Å². The molecule has 0 amide bonds. The average molecular weight is 298 g/mol. The van der Waals surface area contributed by atoms with Gasteiger partial charge in [0.2, 0.25) is 0 Å². The minimum Gasteiger partial charge on any atom is -0.463 e. The van der Waals surface area contributed by atoms with Crippen LogP contribution in [0.25, 0.3) is 0 Å². The molecule has 17 heavy (non-hydrogen) atoms. The molecule has 1 unspecified atom stereocenters. The molecule has 1 aromatic carbocycles. The van der Waals surface area contributed by atoms with Gasteiger partial charge < -0.3 is 15.4 Å². The molecule has 0 spiro atoms. The third-order valence-corrected chi connectivity index (χ3v) is 3.27. The third-order valence-electron chi connectivity index (χ3n) is 2.74. The molecule has 4 nitrogen and oxygen atoms in total. The number of aliphatic imine (C=N–C) groups is 1. The maximum Gasteiger partial charge on any atom is 0.282 e. The number of hydrogen-bond acceptors (Lipinski definition) is 4. The molecule has 1 aliphatic rings. The quantitative estimate of drug-likeness (QED) is 0.925. The molecule has 0 aromatic heterocycles. The zero-order valence-corrected chi connectivity index (χ0v) is 11.4. The van der Waals surface area contributed by atoms with Crippen LogP contribution in [0.1, 0.15) is 6.92 Å². The molecule has 0 saturated heterocycles. The van der Waals surface area contributed by atoms with Crippen molar-refractivity contribution < 1.29 is 4.74 Å². The van der Waals surface area contributed by atoms with Crippen molar-refractivity contribution in [3.63, 3.8) is 0 Å². The zero-order chi connectivity index (χ0) is 12.3. The van der Waals surface area contributed by atoms with Crippen LogP contribution in [0, 0.1) is 0 Å². The van der Waals surface area contributed by atoms with Gasteiger partial charge >= 0.3 is 0 Å². The highest BCUT2D eigenvalue weighted by molar-refractivity contribution is 9.10. The fraction of sp³-hybridized carbons (Fsp3) is 0.417. The van der Waals surface area contributed by atoms with Gasteiger partial charge in [0.1, 0.15) is 12.6 Å². The lowest BCUT2D eigenvalue weighted by atomic mass is 10.2. The summed E-state index contributed by atoms with van der Waals surface area (Å²) < 4.78 is 6.25. The molecule has 92 valence electrons. The number of hydrogen-bond donors (Lipinski definition) is 1. The van der Waals surface area contributed by atoms with Gasteiger partial charge in [0, 0.05) is 23.2 Å². The highest BCUT2D eigenvalue weighted by atomic mass is 79.9. The summed E-state index contributed by atoms with van der Waals surface area (Å²) >= 11 is 3.44. The first-order valence-electron chi connectivity index (χ1n) is 5.65. The Kier molecular flexibility index (Phi) is 3.89. The van der Waals surface area contributed by atoms with Crippen molar-refractivity contribution in [3.05, 3.63) is 28.7 Å². The molecule has 2 N–H and O–H groups in total. The standard InChI is InChI=1S/C12H16BrN3O/c1-2-16(7-10-8-17-12(14)15-10)11-5-3-9(13)4-6-11/h3-6,10H,2,7-8H2,1H3,(H2,14,15). The molecule has 0 saturated carbocycles. The van der Waals surface area contributed by atoms with Gasteiger partial charge in [-0.15, -0.1) is 0 Å². The maximum atomic E-state index is 5.50. The van der Waals surface area contributed by atoms with E-state index in [9.17, 15) is 0 Å². The van der Waals surface area contributed by atoms with Crippen LogP contribution in [-0.2, 0) is 4.74 Å². The largest absolute Gasteiger partial charge is 0.463 e. The maximum absolute atomic E-state index is 5.50. The molecule has 1 heterocycles. The SMILES string of the molecule is CCN(CC1COC(N)=N1)c1ccc(Br)cc1. The van der Waals surface area contributed by atoms with Gasteiger partial charge in [0.25, 0.3) is 6.02 Å². The molecular formula is C12H16BrN3O. The van der Waals surface area contributed by atoms with Crippen LogP contribution in [0.15, 0.2) is 33.7 Å². The van der Waals surface area contributed by atoms with Crippen LogP contribution < -0.4 is 10.6 Å². The number of amidine groups is 1. The predicted molar refractivity (Wildman–Crippen MR) is 73.4 cm³/mol. The number of benzene rings is 1. The smallest absolute Gasteiger partial charge is 0.282 e. The minimum atomic E-state index is 0.138. The van der Waals surface area contributed by atoms with Gasteiger partial charge in [0.15, 0.2) is 0 Å². The summed E-state index contributed by atoms with van der Waals surface area (Å²) in [7, 11) is 0. The molecule has 2 rings (SSSR count). The van der Waals surface area contributed by atoms with E-state index in [4.69, 9.17) is 10.5 Å². The van der Waals surface area contributed by atoms with Gasteiger partial charge in [0.05, 0.1) is 0 Å². The summed E-state index contributed by atoms with van der Waals surface area (Å²) in [5, 5.41) is 0. The van der Waals surface area contributed by atoms with E-state index < -0.39 is 0 Å². The summed E-state index contributed by atoms with van der Waals surface area (Å²) in [6.45, 7) is 4.48. The normalized spacial score (nSPS) is 18.7. The number of likely N-dealkylation sites (N-methyl/N-ethyl adjacent to an activating group) is 1. The lowest BCUT2D eigenvalue weighted by molar-refractivity contribution is 0.313. The molecule has 0 aliphatic carbocycles. The van der Waals surface area contributed by atoms with Crippen molar-refractivity contribution in [1.82, 2.24) is 0 Å². The number of rotatable bonds is 4. The van der Waals surface area contributed by atoms with E-state index in [-0.39, 0.29) is 6.04 Å². The van der Waals surface area contributed by atoms with E-state index in [2.05, 4.69) is 44.9 Å². The fourth-order valence-corrected chi connectivity index (χ4v) is 2.12. The molecule has 1 aliphatic heterocycles. The Hall–Kier alpha value is -1.23. The van der Waals surface area contributed by atoms with Crippen LogP contribution in [-0.4, -0.2) is 31.8 Å². The predicted octanol–water partition coefficient (Wildman–Crippen LogP) is 1.99. The van der Waals surface area contributed by atoms with Gasteiger partial charge in [-0.3, -0.25) is 0 Å². The number of anilines is 1. The Morgan fingerprint density at radius 3 is 2.71 bits per heavy atom. The highest BCUT2D eigenvalue weighted by Crippen LogP contribution is 2.19. The van der Waals surface area contributed by atoms with Crippen LogP contribution in [0.2, 0.25) is 0 Å². The van der Waals surface area contributed by atoms with Crippen molar-refractivity contribution in [2.75, 3.05) is 24.6 Å². The molecule has 1 atom stereocenters. The van der Waals surface area contributed by atoms with Crippen molar-refractivity contribution in [2.45, 2.75) is 13.0 Å². The summed E-state index contributed by atoms with van der Waals surface area (Å²) in [4.78, 5) is 6.51. The topological polar surface area (TPSA) is 50.9 Å². The number of ether oxygens (including phenoxy) is 1. The second kappa shape index (κ2) is 5.40. The summed E-state index contributed by atoms with van der Waals surface area (Å²) in [5.74, 6) is 0. The fourth-order valence-electron chi connectivity index (χ4n) is 1.85. The van der Waals surface area contributed by atoms with Gasteiger partial charge in [-0.1, -0.05) is 15.9 Å². The van der Waals surface area contributed by atoms with Crippen LogP contribution >= 0.6 is 15.9 Å². The number of nitrogens with two attached hydrogens (primary N) is 1. The summed E-state index contributed by atoms with van der Waals surface area (Å²) in [6.07, 6.45) is 0.